The van der Waals surface area contributed by atoms with Gasteiger partial charge in [0, 0.05) is 31.5 Å². The van der Waals surface area contributed by atoms with Crippen molar-refractivity contribution in [2.24, 2.45) is 0 Å². The van der Waals surface area contributed by atoms with Gasteiger partial charge in [0.05, 0.1) is 6.20 Å². The molecular formula is C16H18N4O2. The molecule has 0 spiro atoms. The van der Waals surface area contributed by atoms with Crippen LogP contribution in [0, 0.1) is 0 Å². The normalized spacial score (nSPS) is 12.2. The first-order valence-electron chi connectivity index (χ1n) is 7.22. The van der Waals surface area contributed by atoms with Crippen molar-refractivity contribution in [2.45, 2.75) is 19.6 Å². The van der Waals surface area contributed by atoms with Gasteiger partial charge in [-0.25, -0.2) is 4.52 Å². The van der Waals surface area contributed by atoms with Gasteiger partial charge in [-0.2, -0.15) is 5.10 Å². The third-order valence-corrected chi connectivity index (χ3v) is 3.41. The molecule has 0 bridgehead atoms. The maximum atomic E-state index is 12.0. The van der Waals surface area contributed by atoms with Gasteiger partial charge in [-0.1, -0.05) is 18.2 Å². The van der Waals surface area contributed by atoms with E-state index < -0.39 is 6.10 Å². The number of carbonyl (C=O) groups is 1. The van der Waals surface area contributed by atoms with E-state index in [1.165, 1.54) is 0 Å². The molecule has 0 aliphatic heterocycles. The zero-order chi connectivity index (χ0) is 15.4. The van der Waals surface area contributed by atoms with Gasteiger partial charge < -0.3 is 14.6 Å². The predicted octanol–water partition coefficient (Wildman–Crippen LogP) is 1.72. The summed E-state index contributed by atoms with van der Waals surface area (Å²) in [6.45, 7) is 2.97. The number of ether oxygens (including phenoxy) is 1. The van der Waals surface area contributed by atoms with Gasteiger partial charge in [-0.15, -0.1) is 0 Å². The van der Waals surface area contributed by atoms with Gasteiger partial charge in [0.15, 0.2) is 6.10 Å². The number of nitrogens with one attached hydrogen (secondary N) is 1. The standard InChI is InChI=1S/C16H18N4O2/c1-13(22-14-5-3-2-4-6-14)16(21)17-9-10-19-11-12-20-15(19)7-8-18-20/h2-8,11-13H,9-10H2,1H3,(H,17,21). The molecule has 0 aliphatic rings. The van der Waals surface area contributed by atoms with Crippen molar-refractivity contribution >= 4 is 11.6 Å². The highest BCUT2D eigenvalue weighted by Crippen LogP contribution is 2.10. The van der Waals surface area contributed by atoms with Crippen molar-refractivity contribution in [2.75, 3.05) is 6.54 Å². The smallest absolute Gasteiger partial charge is 0.260 e. The number of hydrogen-bond donors (Lipinski definition) is 1. The Balaban J connectivity index is 1.49. The maximum Gasteiger partial charge on any atom is 0.260 e. The van der Waals surface area contributed by atoms with Crippen LogP contribution in [0.5, 0.6) is 5.75 Å². The molecule has 3 aromatic rings. The van der Waals surface area contributed by atoms with Crippen LogP contribution in [0.25, 0.3) is 5.65 Å². The average Bonchev–Trinajstić information content (AvgIpc) is 3.12. The third-order valence-electron chi connectivity index (χ3n) is 3.41. The fourth-order valence-corrected chi connectivity index (χ4v) is 2.26. The minimum absolute atomic E-state index is 0.125. The fraction of sp³-hybridized carbons (Fsp3) is 0.250. The molecule has 3 rings (SSSR count). The Labute approximate surface area is 128 Å². The quantitative estimate of drug-likeness (QED) is 0.754. The lowest BCUT2D eigenvalue weighted by molar-refractivity contribution is -0.127. The molecule has 6 heteroatoms. The van der Waals surface area contributed by atoms with Crippen LogP contribution in [0.15, 0.2) is 55.0 Å². The number of nitrogens with zero attached hydrogens (tertiary/aromatic N) is 3. The minimum Gasteiger partial charge on any atom is -0.481 e. The first-order chi connectivity index (χ1) is 10.7. The van der Waals surface area contributed by atoms with Crippen LogP contribution in [0.1, 0.15) is 6.92 Å². The number of aromatic nitrogens is 3. The summed E-state index contributed by atoms with van der Waals surface area (Å²) in [4.78, 5) is 12.0. The summed E-state index contributed by atoms with van der Waals surface area (Å²) in [7, 11) is 0. The summed E-state index contributed by atoms with van der Waals surface area (Å²) in [6, 6.07) is 11.3. The van der Waals surface area contributed by atoms with Gasteiger partial charge in [0.1, 0.15) is 11.4 Å². The molecule has 1 unspecified atom stereocenters. The molecule has 0 fully saturated rings. The van der Waals surface area contributed by atoms with Gasteiger partial charge in [0.25, 0.3) is 5.91 Å². The Morgan fingerprint density at radius 2 is 2.09 bits per heavy atom. The second-order valence-corrected chi connectivity index (χ2v) is 4.99. The van der Waals surface area contributed by atoms with E-state index in [1.807, 2.05) is 53.4 Å². The number of carbonyl (C=O) groups excluding carboxylic acids is 1. The minimum atomic E-state index is -0.526. The second kappa shape index (κ2) is 6.34. The molecule has 1 atom stereocenters. The Morgan fingerprint density at radius 1 is 1.27 bits per heavy atom. The van der Waals surface area contributed by atoms with Gasteiger partial charge >= 0.3 is 0 Å². The number of amides is 1. The highest BCUT2D eigenvalue weighted by Gasteiger charge is 2.13. The first-order valence-corrected chi connectivity index (χ1v) is 7.22. The summed E-state index contributed by atoms with van der Waals surface area (Å²) >= 11 is 0. The van der Waals surface area contributed by atoms with E-state index in [4.69, 9.17) is 4.74 Å². The topological polar surface area (TPSA) is 60.6 Å². The molecule has 2 aromatic heterocycles. The van der Waals surface area contributed by atoms with Crippen LogP contribution >= 0.6 is 0 Å². The van der Waals surface area contributed by atoms with E-state index in [1.54, 1.807) is 17.6 Å². The molecule has 2 heterocycles. The summed E-state index contributed by atoms with van der Waals surface area (Å²) in [5, 5.41) is 7.03. The van der Waals surface area contributed by atoms with Crippen LogP contribution in [0.4, 0.5) is 0 Å². The first kappa shape index (κ1) is 14.2. The summed E-state index contributed by atoms with van der Waals surface area (Å²) in [6.07, 6.45) is 5.05. The van der Waals surface area contributed by atoms with E-state index in [0.717, 1.165) is 5.65 Å². The Morgan fingerprint density at radius 3 is 2.91 bits per heavy atom. The molecule has 1 amide bonds. The highest BCUT2D eigenvalue weighted by molar-refractivity contribution is 5.80. The molecular weight excluding hydrogens is 280 g/mol. The van der Waals surface area contributed by atoms with Crippen molar-refractivity contribution in [1.82, 2.24) is 19.5 Å². The van der Waals surface area contributed by atoms with Crippen molar-refractivity contribution in [3.63, 3.8) is 0 Å². The third kappa shape index (κ3) is 3.11. The zero-order valence-corrected chi connectivity index (χ0v) is 12.3. The zero-order valence-electron chi connectivity index (χ0n) is 12.3. The van der Waals surface area contributed by atoms with Crippen LogP contribution in [0.2, 0.25) is 0 Å². The summed E-state index contributed by atoms with van der Waals surface area (Å²) < 4.78 is 9.42. The van der Waals surface area contributed by atoms with Crippen molar-refractivity contribution < 1.29 is 9.53 Å². The van der Waals surface area contributed by atoms with Gasteiger partial charge in [-0.05, 0) is 19.1 Å². The van der Waals surface area contributed by atoms with Gasteiger partial charge in [0.2, 0.25) is 0 Å². The number of rotatable bonds is 6. The van der Waals surface area contributed by atoms with Crippen molar-refractivity contribution in [1.29, 1.82) is 0 Å². The van der Waals surface area contributed by atoms with Crippen LogP contribution < -0.4 is 10.1 Å². The van der Waals surface area contributed by atoms with Crippen molar-refractivity contribution in [3.05, 3.63) is 55.0 Å². The largest absolute Gasteiger partial charge is 0.481 e. The Bertz CT molecular complexity index is 748. The number of imidazole rings is 1. The molecule has 6 nitrogen and oxygen atoms in total. The highest BCUT2D eigenvalue weighted by atomic mass is 16.5. The molecule has 0 saturated heterocycles. The van der Waals surface area contributed by atoms with E-state index in [9.17, 15) is 4.79 Å². The molecule has 22 heavy (non-hydrogen) atoms. The number of fused-ring (bicyclic) bond motifs is 1. The molecule has 0 aliphatic carbocycles. The summed E-state index contributed by atoms with van der Waals surface area (Å²) in [5.74, 6) is 0.567. The van der Waals surface area contributed by atoms with Crippen LogP contribution in [0.3, 0.4) is 0 Å². The van der Waals surface area contributed by atoms with Crippen molar-refractivity contribution in [3.8, 4) is 5.75 Å². The lowest BCUT2D eigenvalue weighted by atomic mass is 10.3. The maximum absolute atomic E-state index is 12.0. The van der Waals surface area contributed by atoms with Crippen LogP contribution in [-0.2, 0) is 11.3 Å². The number of benzene rings is 1. The number of para-hydroxylation sites is 1. The lowest BCUT2D eigenvalue weighted by Crippen LogP contribution is -2.37. The lowest BCUT2D eigenvalue weighted by Gasteiger charge is -2.14. The Hall–Kier alpha value is -2.76. The Kier molecular flexibility index (Phi) is 4.09. The number of hydrogen-bond acceptors (Lipinski definition) is 3. The summed E-state index contributed by atoms with van der Waals surface area (Å²) in [5.41, 5.74) is 1.00. The SMILES string of the molecule is CC(Oc1ccccc1)C(=O)NCCn1ccn2nccc12. The fourth-order valence-electron chi connectivity index (χ4n) is 2.26. The van der Waals surface area contributed by atoms with E-state index in [-0.39, 0.29) is 5.91 Å². The molecule has 1 N–H and O–H groups in total. The molecule has 0 saturated carbocycles. The molecule has 0 radical (unpaired) electrons. The van der Waals surface area contributed by atoms with Crippen LogP contribution in [-0.4, -0.2) is 32.7 Å². The van der Waals surface area contributed by atoms with E-state index in [2.05, 4.69) is 10.4 Å². The van der Waals surface area contributed by atoms with Gasteiger partial charge in [-0.3, -0.25) is 4.79 Å². The van der Waals surface area contributed by atoms with E-state index >= 15 is 0 Å². The molecule has 1 aromatic carbocycles. The molecule has 114 valence electrons. The van der Waals surface area contributed by atoms with E-state index in [0.29, 0.717) is 18.8 Å². The average molecular weight is 298 g/mol. The predicted molar refractivity (Wildman–Crippen MR) is 82.7 cm³/mol. The monoisotopic (exact) mass is 298 g/mol. The second-order valence-electron chi connectivity index (χ2n) is 4.99.